The van der Waals surface area contributed by atoms with Gasteiger partial charge in [-0.3, -0.25) is 9.59 Å². The topological polar surface area (TPSA) is 62.0 Å². The number of carbonyl (C=O) groups excluding carboxylic acids is 1. The number of amides is 1. The van der Waals surface area contributed by atoms with Crippen LogP contribution in [-0.4, -0.2) is 10.9 Å². The highest BCUT2D eigenvalue weighted by Gasteiger charge is 2.13. The quantitative estimate of drug-likeness (QED) is 0.874. The zero-order valence-corrected chi connectivity index (χ0v) is 11.3. The van der Waals surface area contributed by atoms with Crippen LogP contribution in [0.4, 0.5) is 5.69 Å². The minimum Gasteiger partial charge on any atom is -0.321 e. The number of benzene rings is 1. The van der Waals surface area contributed by atoms with Gasteiger partial charge >= 0.3 is 4.87 Å². The highest BCUT2D eigenvalue weighted by atomic mass is 32.1. The molecule has 2 rings (SSSR count). The number of hydrogen-bond acceptors (Lipinski definition) is 3. The van der Waals surface area contributed by atoms with E-state index in [1.807, 2.05) is 32.0 Å². The molecule has 5 heteroatoms. The molecule has 1 amide bonds. The van der Waals surface area contributed by atoms with Crippen molar-refractivity contribution in [1.29, 1.82) is 0 Å². The maximum atomic E-state index is 12.0. The Morgan fingerprint density at radius 3 is 2.28 bits per heavy atom. The molecule has 1 aromatic carbocycles. The number of carbonyl (C=O) groups is 1. The molecule has 94 valence electrons. The Labute approximate surface area is 109 Å². The summed E-state index contributed by atoms with van der Waals surface area (Å²) in [5.74, 6) is -0.249. The van der Waals surface area contributed by atoms with Gasteiger partial charge in [0.1, 0.15) is 4.88 Å². The van der Waals surface area contributed by atoms with Gasteiger partial charge in [-0.2, -0.15) is 0 Å². The molecule has 0 fully saturated rings. The summed E-state index contributed by atoms with van der Waals surface area (Å²) >= 11 is 0.927. The first kappa shape index (κ1) is 12.6. The fourth-order valence-electron chi connectivity index (χ4n) is 1.86. The molecule has 0 aliphatic carbocycles. The number of thiazole rings is 1. The number of H-pyrrole nitrogens is 1. The fraction of sp³-hybridized carbons (Fsp3) is 0.231. The average Bonchev–Trinajstić information content (AvgIpc) is 2.56. The normalized spacial score (nSPS) is 10.4. The highest BCUT2D eigenvalue weighted by molar-refractivity contribution is 7.11. The minimum atomic E-state index is -0.249. The van der Waals surface area contributed by atoms with E-state index < -0.39 is 0 Å². The summed E-state index contributed by atoms with van der Waals surface area (Å²) in [5.41, 5.74) is 3.53. The van der Waals surface area contributed by atoms with Crippen molar-refractivity contribution in [1.82, 2.24) is 4.98 Å². The van der Waals surface area contributed by atoms with Gasteiger partial charge in [0.2, 0.25) is 0 Å². The number of aromatic amines is 1. The lowest BCUT2D eigenvalue weighted by atomic mass is 10.1. The van der Waals surface area contributed by atoms with Crippen molar-refractivity contribution in [3.63, 3.8) is 0 Å². The summed E-state index contributed by atoms with van der Waals surface area (Å²) < 4.78 is 0. The SMILES string of the molecule is Cc1cc(C)cc(NC(=O)c2sc(=O)[nH]c2C)c1. The maximum absolute atomic E-state index is 12.0. The second-order valence-electron chi connectivity index (χ2n) is 4.30. The molecule has 18 heavy (non-hydrogen) atoms. The van der Waals surface area contributed by atoms with Crippen LogP contribution in [0.15, 0.2) is 23.0 Å². The molecular formula is C13H14N2O2S. The third-order valence-electron chi connectivity index (χ3n) is 2.51. The number of rotatable bonds is 2. The van der Waals surface area contributed by atoms with Crippen LogP contribution in [0.5, 0.6) is 0 Å². The van der Waals surface area contributed by atoms with Crippen LogP contribution in [0.1, 0.15) is 26.5 Å². The molecule has 0 atom stereocenters. The monoisotopic (exact) mass is 262 g/mol. The van der Waals surface area contributed by atoms with Gasteiger partial charge in [0, 0.05) is 11.4 Å². The standard InChI is InChI=1S/C13H14N2O2S/c1-7-4-8(2)6-10(5-7)15-12(16)11-9(3)14-13(17)18-11/h4-6H,1-3H3,(H,14,17)(H,15,16). The summed E-state index contributed by atoms with van der Waals surface area (Å²) in [6.45, 7) is 5.67. The molecule has 0 aliphatic rings. The zero-order valence-electron chi connectivity index (χ0n) is 10.5. The summed E-state index contributed by atoms with van der Waals surface area (Å²) in [6.07, 6.45) is 0. The molecular weight excluding hydrogens is 248 g/mol. The van der Waals surface area contributed by atoms with Gasteiger partial charge in [-0.15, -0.1) is 0 Å². The molecule has 0 unspecified atom stereocenters. The Kier molecular flexibility index (Phi) is 3.34. The molecule has 1 heterocycles. The van der Waals surface area contributed by atoms with E-state index in [0.717, 1.165) is 28.2 Å². The van der Waals surface area contributed by atoms with Gasteiger partial charge < -0.3 is 10.3 Å². The molecule has 0 spiro atoms. The van der Waals surface area contributed by atoms with Crippen molar-refractivity contribution in [3.8, 4) is 0 Å². The molecule has 4 nitrogen and oxygen atoms in total. The first-order chi connectivity index (χ1) is 8.45. The molecule has 0 aliphatic heterocycles. The Balaban J connectivity index is 2.26. The zero-order chi connectivity index (χ0) is 13.3. The predicted octanol–water partition coefficient (Wildman–Crippen LogP) is 2.61. The van der Waals surface area contributed by atoms with Crippen molar-refractivity contribution in [3.05, 3.63) is 49.6 Å². The van der Waals surface area contributed by atoms with Gasteiger partial charge in [0.15, 0.2) is 0 Å². The summed E-state index contributed by atoms with van der Waals surface area (Å²) in [4.78, 5) is 26.0. The Morgan fingerprint density at radius 1 is 1.17 bits per heavy atom. The number of aryl methyl sites for hydroxylation is 3. The lowest BCUT2D eigenvalue weighted by molar-refractivity contribution is 0.103. The van der Waals surface area contributed by atoms with Crippen LogP contribution in [0.25, 0.3) is 0 Å². The average molecular weight is 262 g/mol. The van der Waals surface area contributed by atoms with E-state index in [0.29, 0.717) is 10.6 Å². The summed E-state index contributed by atoms with van der Waals surface area (Å²) in [7, 11) is 0. The third-order valence-corrected chi connectivity index (χ3v) is 3.49. The van der Waals surface area contributed by atoms with Gasteiger partial charge in [0.05, 0.1) is 0 Å². The molecule has 0 radical (unpaired) electrons. The lowest BCUT2D eigenvalue weighted by Crippen LogP contribution is -2.11. The molecule has 0 bridgehead atoms. The fourth-order valence-corrected chi connectivity index (χ4v) is 2.59. The Hall–Kier alpha value is -1.88. The van der Waals surface area contributed by atoms with E-state index >= 15 is 0 Å². The van der Waals surface area contributed by atoms with Crippen LogP contribution in [0, 0.1) is 20.8 Å². The smallest absolute Gasteiger partial charge is 0.305 e. The van der Waals surface area contributed by atoms with Crippen molar-refractivity contribution in [2.24, 2.45) is 0 Å². The van der Waals surface area contributed by atoms with Gasteiger partial charge in [-0.25, -0.2) is 0 Å². The summed E-state index contributed by atoms with van der Waals surface area (Å²) in [6, 6.07) is 5.83. The largest absolute Gasteiger partial charge is 0.321 e. The van der Waals surface area contributed by atoms with Crippen LogP contribution < -0.4 is 10.2 Å². The third kappa shape index (κ3) is 2.68. The molecule has 0 saturated carbocycles. The lowest BCUT2D eigenvalue weighted by Gasteiger charge is -2.06. The highest BCUT2D eigenvalue weighted by Crippen LogP contribution is 2.16. The predicted molar refractivity (Wildman–Crippen MR) is 73.5 cm³/mol. The Morgan fingerprint density at radius 2 is 1.78 bits per heavy atom. The van der Waals surface area contributed by atoms with E-state index in [-0.39, 0.29) is 10.8 Å². The van der Waals surface area contributed by atoms with Crippen LogP contribution in [0.2, 0.25) is 0 Å². The Bertz CT molecular complexity index is 635. The number of anilines is 1. The van der Waals surface area contributed by atoms with E-state index in [2.05, 4.69) is 10.3 Å². The van der Waals surface area contributed by atoms with Crippen molar-refractivity contribution < 1.29 is 4.79 Å². The second-order valence-corrected chi connectivity index (χ2v) is 5.28. The molecule has 2 aromatic rings. The van der Waals surface area contributed by atoms with E-state index in [9.17, 15) is 9.59 Å². The van der Waals surface area contributed by atoms with Crippen LogP contribution in [0.3, 0.4) is 0 Å². The van der Waals surface area contributed by atoms with Crippen molar-refractivity contribution >= 4 is 22.9 Å². The van der Waals surface area contributed by atoms with Crippen LogP contribution in [-0.2, 0) is 0 Å². The minimum absolute atomic E-state index is 0.210. The number of aromatic nitrogens is 1. The first-order valence-electron chi connectivity index (χ1n) is 5.55. The van der Waals surface area contributed by atoms with Gasteiger partial charge in [-0.05, 0) is 44.0 Å². The molecule has 1 aromatic heterocycles. The van der Waals surface area contributed by atoms with Crippen LogP contribution >= 0.6 is 11.3 Å². The molecule has 2 N–H and O–H groups in total. The van der Waals surface area contributed by atoms with Gasteiger partial charge in [0.25, 0.3) is 5.91 Å². The van der Waals surface area contributed by atoms with Crippen molar-refractivity contribution in [2.75, 3.05) is 5.32 Å². The number of hydrogen-bond donors (Lipinski definition) is 2. The van der Waals surface area contributed by atoms with E-state index in [1.165, 1.54) is 0 Å². The maximum Gasteiger partial charge on any atom is 0.305 e. The second kappa shape index (κ2) is 4.78. The van der Waals surface area contributed by atoms with E-state index in [4.69, 9.17) is 0 Å². The first-order valence-corrected chi connectivity index (χ1v) is 6.37. The summed E-state index contributed by atoms with van der Waals surface area (Å²) in [5, 5.41) is 2.81. The number of nitrogens with one attached hydrogen (secondary N) is 2. The van der Waals surface area contributed by atoms with E-state index in [1.54, 1.807) is 6.92 Å². The van der Waals surface area contributed by atoms with Gasteiger partial charge in [-0.1, -0.05) is 17.4 Å². The molecule has 0 saturated heterocycles. The van der Waals surface area contributed by atoms with Crippen molar-refractivity contribution in [2.45, 2.75) is 20.8 Å².